The number of amides is 1. The third-order valence-corrected chi connectivity index (χ3v) is 5.49. The van der Waals surface area contributed by atoms with E-state index in [1.54, 1.807) is 24.3 Å². The number of nitrogens with zero attached hydrogens (tertiary/aromatic N) is 1. The van der Waals surface area contributed by atoms with Gasteiger partial charge >= 0.3 is 0 Å². The van der Waals surface area contributed by atoms with Crippen LogP contribution in [0.15, 0.2) is 36.4 Å². The van der Waals surface area contributed by atoms with E-state index in [0.717, 1.165) is 22.9 Å². The van der Waals surface area contributed by atoms with Crippen LogP contribution in [0.3, 0.4) is 0 Å². The van der Waals surface area contributed by atoms with Gasteiger partial charge in [0.25, 0.3) is 0 Å². The first kappa shape index (κ1) is 20.3. The monoisotopic (exact) mass is 394 g/mol. The SMILES string of the molecule is Cc1cc(C)cc(N(CCC(=O)Nc2ccc(C)c(Cl)c2)S(C)(=O)=O)c1. The van der Waals surface area contributed by atoms with Crippen molar-refractivity contribution in [3.05, 3.63) is 58.1 Å². The van der Waals surface area contributed by atoms with Gasteiger partial charge in [0.15, 0.2) is 0 Å². The fourth-order valence-corrected chi connectivity index (χ4v) is 3.77. The van der Waals surface area contributed by atoms with E-state index < -0.39 is 10.0 Å². The van der Waals surface area contributed by atoms with Crippen LogP contribution in [0.25, 0.3) is 0 Å². The van der Waals surface area contributed by atoms with E-state index in [1.807, 2.05) is 32.9 Å². The molecule has 0 aliphatic rings. The first-order valence-corrected chi connectivity index (χ1v) is 10.4. The predicted molar refractivity (Wildman–Crippen MR) is 108 cm³/mol. The molecular formula is C19H23ClN2O3S. The van der Waals surface area contributed by atoms with E-state index in [9.17, 15) is 13.2 Å². The Morgan fingerprint density at radius 3 is 2.23 bits per heavy atom. The van der Waals surface area contributed by atoms with Crippen LogP contribution in [-0.4, -0.2) is 27.1 Å². The van der Waals surface area contributed by atoms with E-state index >= 15 is 0 Å². The van der Waals surface area contributed by atoms with Crippen molar-refractivity contribution in [3.63, 3.8) is 0 Å². The van der Waals surface area contributed by atoms with Gasteiger partial charge in [-0.25, -0.2) is 8.42 Å². The van der Waals surface area contributed by atoms with Crippen molar-refractivity contribution in [1.29, 1.82) is 0 Å². The molecule has 5 nitrogen and oxygen atoms in total. The molecule has 0 aliphatic heterocycles. The lowest BCUT2D eigenvalue weighted by Crippen LogP contribution is -2.33. The maximum atomic E-state index is 12.2. The van der Waals surface area contributed by atoms with Gasteiger partial charge in [-0.1, -0.05) is 23.7 Å². The summed E-state index contributed by atoms with van der Waals surface area (Å²) in [6.07, 6.45) is 1.17. The minimum atomic E-state index is -3.50. The smallest absolute Gasteiger partial charge is 0.232 e. The molecule has 2 rings (SSSR count). The topological polar surface area (TPSA) is 66.5 Å². The summed E-state index contributed by atoms with van der Waals surface area (Å²) in [7, 11) is -3.50. The summed E-state index contributed by atoms with van der Waals surface area (Å²) >= 11 is 6.06. The molecule has 0 atom stereocenters. The number of carbonyl (C=O) groups is 1. The predicted octanol–water partition coefficient (Wildman–Crippen LogP) is 4.06. The third-order valence-electron chi connectivity index (χ3n) is 3.89. The molecule has 0 aliphatic carbocycles. The summed E-state index contributed by atoms with van der Waals surface area (Å²) in [5.41, 5.74) is 4.00. The Balaban J connectivity index is 2.12. The van der Waals surface area contributed by atoms with Crippen molar-refractivity contribution in [1.82, 2.24) is 0 Å². The highest BCUT2D eigenvalue weighted by Crippen LogP contribution is 2.22. The maximum Gasteiger partial charge on any atom is 0.232 e. The molecule has 26 heavy (non-hydrogen) atoms. The Morgan fingerprint density at radius 1 is 1.08 bits per heavy atom. The number of hydrogen-bond acceptors (Lipinski definition) is 3. The lowest BCUT2D eigenvalue weighted by molar-refractivity contribution is -0.116. The minimum Gasteiger partial charge on any atom is -0.326 e. The highest BCUT2D eigenvalue weighted by Gasteiger charge is 2.19. The first-order valence-electron chi connectivity index (χ1n) is 8.18. The fourth-order valence-electron chi connectivity index (χ4n) is 2.68. The van der Waals surface area contributed by atoms with Crippen LogP contribution in [0.5, 0.6) is 0 Å². The zero-order chi connectivity index (χ0) is 19.5. The average molecular weight is 395 g/mol. The molecule has 0 fully saturated rings. The van der Waals surface area contributed by atoms with Crippen LogP contribution in [0.1, 0.15) is 23.1 Å². The Labute approximate surface area is 160 Å². The zero-order valence-electron chi connectivity index (χ0n) is 15.3. The van der Waals surface area contributed by atoms with Gasteiger partial charge in [0, 0.05) is 23.7 Å². The van der Waals surface area contributed by atoms with Gasteiger partial charge in [-0.2, -0.15) is 0 Å². The molecule has 0 unspecified atom stereocenters. The summed E-state index contributed by atoms with van der Waals surface area (Å²) in [6.45, 7) is 5.75. The molecule has 7 heteroatoms. The summed E-state index contributed by atoms with van der Waals surface area (Å²) in [4.78, 5) is 12.2. The normalized spacial score (nSPS) is 11.3. The second kappa shape index (κ2) is 8.10. The van der Waals surface area contributed by atoms with E-state index in [-0.39, 0.29) is 18.9 Å². The number of anilines is 2. The molecular weight excluding hydrogens is 372 g/mol. The van der Waals surface area contributed by atoms with Gasteiger partial charge < -0.3 is 5.32 Å². The van der Waals surface area contributed by atoms with Gasteiger partial charge in [-0.15, -0.1) is 0 Å². The molecule has 0 aromatic heterocycles. The average Bonchev–Trinajstić information content (AvgIpc) is 2.49. The lowest BCUT2D eigenvalue weighted by Gasteiger charge is -2.23. The zero-order valence-corrected chi connectivity index (χ0v) is 16.9. The van der Waals surface area contributed by atoms with Crippen LogP contribution in [0.2, 0.25) is 5.02 Å². The van der Waals surface area contributed by atoms with Crippen LogP contribution in [-0.2, 0) is 14.8 Å². The molecule has 0 saturated heterocycles. The second-order valence-electron chi connectivity index (χ2n) is 6.44. The van der Waals surface area contributed by atoms with Crippen LogP contribution < -0.4 is 9.62 Å². The van der Waals surface area contributed by atoms with Crippen molar-refractivity contribution in [3.8, 4) is 0 Å². The lowest BCUT2D eigenvalue weighted by atomic mass is 10.1. The highest BCUT2D eigenvalue weighted by molar-refractivity contribution is 7.92. The largest absolute Gasteiger partial charge is 0.326 e. The summed E-state index contributed by atoms with van der Waals surface area (Å²) in [5.74, 6) is -0.275. The van der Waals surface area contributed by atoms with E-state index in [1.165, 1.54) is 4.31 Å². The number of rotatable bonds is 6. The summed E-state index contributed by atoms with van der Waals surface area (Å²) < 4.78 is 25.6. The van der Waals surface area contributed by atoms with Gasteiger partial charge in [0.2, 0.25) is 15.9 Å². The number of sulfonamides is 1. The van der Waals surface area contributed by atoms with Crippen LogP contribution in [0, 0.1) is 20.8 Å². The molecule has 0 bridgehead atoms. The first-order chi connectivity index (χ1) is 12.1. The summed E-state index contributed by atoms with van der Waals surface area (Å²) in [5, 5.41) is 3.31. The third kappa shape index (κ3) is 5.47. The van der Waals surface area contributed by atoms with Crippen molar-refractivity contribution in [2.24, 2.45) is 0 Å². The molecule has 1 amide bonds. The Morgan fingerprint density at radius 2 is 1.69 bits per heavy atom. The van der Waals surface area contributed by atoms with Crippen molar-refractivity contribution >= 4 is 38.9 Å². The van der Waals surface area contributed by atoms with E-state index in [0.29, 0.717) is 16.4 Å². The van der Waals surface area contributed by atoms with Crippen LogP contribution in [0.4, 0.5) is 11.4 Å². The number of benzene rings is 2. The highest BCUT2D eigenvalue weighted by atomic mass is 35.5. The van der Waals surface area contributed by atoms with Crippen LogP contribution >= 0.6 is 11.6 Å². The molecule has 0 radical (unpaired) electrons. The molecule has 140 valence electrons. The molecule has 0 heterocycles. The van der Waals surface area contributed by atoms with Crippen molar-refractivity contribution in [2.45, 2.75) is 27.2 Å². The number of nitrogens with one attached hydrogen (secondary N) is 1. The summed E-state index contributed by atoms with van der Waals surface area (Å²) in [6, 6.07) is 10.8. The van der Waals surface area contributed by atoms with Crippen molar-refractivity contribution < 1.29 is 13.2 Å². The van der Waals surface area contributed by atoms with E-state index in [2.05, 4.69) is 5.32 Å². The Hall–Kier alpha value is -2.05. The van der Waals surface area contributed by atoms with Gasteiger partial charge in [0.05, 0.1) is 11.9 Å². The number of aryl methyl sites for hydroxylation is 3. The quantitative estimate of drug-likeness (QED) is 0.803. The van der Waals surface area contributed by atoms with Gasteiger partial charge in [0.1, 0.15) is 0 Å². The molecule has 2 aromatic rings. The maximum absolute atomic E-state index is 12.2. The van der Waals surface area contributed by atoms with Gasteiger partial charge in [-0.05, 0) is 61.7 Å². The second-order valence-corrected chi connectivity index (χ2v) is 8.76. The minimum absolute atomic E-state index is 0.0333. The van der Waals surface area contributed by atoms with Crippen molar-refractivity contribution in [2.75, 3.05) is 22.4 Å². The standard InChI is InChI=1S/C19H23ClN2O3S/c1-13-9-14(2)11-17(10-13)22(26(4,24)25)8-7-19(23)21-16-6-5-15(3)18(20)12-16/h5-6,9-12H,7-8H2,1-4H3,(H,21,23). The molecule has 2 aromatic carbocycles. The Kier molecular flexibility index (Phi) is 6.31. The fraction of sp³-hybridized carbons (Fsp3) is 0.316. The molecule has 1 N–H and O–H groups in total. The number of halogens is 1. The van der Waals surface area contributed by atoms with E-state index in [4.69, 9.17) is 11.6 Å². The number of hydrogen-bond donors (Lipinski definition) is 1. The Bertz CT molecular complexity index is 906. The number of carbonyl (C=O) groups excluding carboxylic acids is 1. The molecule has 0 spiro atoms. The molecule has 0 saturated carbocycles. The van der Waals surface area contributed by atoms with Gasteiger partial charge in [-0.3, -0.25) is 9.10 Å².